The van der Waals surface area contributed by atoms with Gasteiger partial charge in [0.2, 0.25) is 0 Å². The zero-order valence-corrected chi connectivity index (χ0v) is 23.2. The van der Waals surface area contributed by atoms with Gasteiger partial charge in [0.15, 0.2) is 0 Å². The summed E-state index contributed by atoms with van der Waals surface area (Å²) in [5.74, 6) is -0.317. The van der Waals surface area contributed by atoms with Gasteiger partial charge in [0.05, 0.1) is 12.1 Å². The maximum atomic E-state index is 14.0. The number of carbonyl (C=O) groups excluding carboxylic acids is 2. The molecule has 1 aliphatic carbocycles. The third-order valence-corrected chi connectivity index (χ3v) is 8.76. The van der Waals surface area contributed by atoms with Crippen LogP contribution in [-0.2, 0) is 0 Å². The molecule has 1 heterocycles. The fourth-order valence-corrected chi connectivity index (χ4v) is 6.81. The van der Waals surface area contributed by atoms with E-state index in [2.05, 4.69) is 6.07 Å². The van der Waals surface area contributed by atoms with Gasteiger partial charge >= 0.3 is 0 Å². The summed E-state index contributed by atoms with van der Waals surface area (Å²) in [6, 6.07) is 24.7. The van der Waals surface area contributed by atoms with Crippen LogP contribution in [0.1, 0.15) is 52.0 Å². The molecule has 0 saturated heterocycles. The zero-order valence-electron chi connectivity index (χ0n) is 23.2. The molecule has 7 rings (SSSR count). The van der Waals surface area contributed by atoms with Crippen LogP contribution in [0.2, 0.25) is 0 Å². The number of hydrogen-bond acceptors (Lipinski definition) is 5. The van der Waals surface area contributed by atoms with Gasteiger partial charge in [-0.3, -0.25) is 19.5 Å². The highest BCUT2D eigenvalue weighted by Crippen LogP contribution is 2.39. The fraction of sp³-hybridized carbons (Fsp3) is 0.229. The Kier molecular flexibility index (Phi) is 6.00. The summed E-state index contributed by atoms with van der Waals surface area (Å²) in [5.41, 5.74) is 2.76. The number of hydrogen-bond donors (Lipinski definition) is 1. The first kappa shape index (κ1) is 25.3. The van der Waals surface area contributed by atoms with E-state index in [-0.39, 0.29) is 29.6 Å². The van der Waals surface area contributed by atoms with E-state index in [1.165, 1.54) is 4.90 Å². The van der Waals surface area contributed by atoms with Crippen molar-refractivity contribution in [1.29, 1.82) is 0 Å². The first-order chi connectivity index (χ1) is 20.0. The van der Waals surface area contributed by atoms with Gasteiger partial charge < -0.3 is 10.0 Å². The number of amides is 2. The topological polar surface area (TPSA) is 73.2 Å². The zero-order chi connectivity index (χ0) is 28.2. The average molecular weight is 542 g/mol. The minimum Gasteiger partial charge on any atom is -0.507 e. The Morgan fingerprint density at radius 2 is 1.37 bits per heavy atom. The number of phenols is 1. The first-order valence-electron chi connectivity index (χ1n) is 14.2. The Morgan fingerprint density at radius 3 is 2.10 bits per heavy atom. The quantitative estimate of drug-likeness (QED) is 0.152. The Labute approximate surface area is 238 Å². The Morgan fingerprint density at radius 1 is 0.756 bits per heavy atom. The molecule has 1 saturated carbocycles. The van der Waals surface area contributed by atoms with Gasteiger partial charge in [0.25, 0.3) is 11.8 Å². The van der Waals surface area contributed by atoms with Crippen LogP contribution in [-0.4, -0.2) is 54.2 Å². The molecule has 5 aromatic carbocycles. The second-order valence-corrected chi connectivity index (χ2v) is 11.3. The molecule has 6 nitrogen and oxygen atoms in total. The van der Waals surface area contributed by atoms with E-state index in [1.807, 2.05) is 91.8 Å². The number of benzene rings is 5. The van der Waals surface area contributed by atoms with Gasteiger partial charge in [-0.15, -0.1) is 0 Å². The van der Waals surface area contributed by atoms with Crippen LogP contribution >= 0.6 is 0 Å². The molecule has 0 bridgehead atoms. The number of nitrogens with zero attached hydrogens (tertiary/aromatic N) is 3. The minimum absolute atomic E-state index is 0.192. The van der Waals surface area contributed by atoms with Crippen molar-refractivity contribution in [2.75, 3.05) is 19.0 Å². The second kappa shape index (κ2) is 9.73. The van der Waals surface area contributed by atoms with Crippen LogP contribution < -0.4 is 4.90 Å². The predicted octanol–water partition coefficient (Wildman–Crippen LogP) is 6.94. The smallest absolute Gasteiger partial charge is 0.261 e. The van der Waals surface area contributed by atoms with Crippen molar-refractivity contribution in [2.45, 2.75) is 37.8 Å². The van der Waals surface area contributed by atoms with Gasteiger partial charge in [0.1, 0.15) is 5.75 Å². The van der Waals surface area contributed by atoms with Crippen molar-refractivity contribution in [1.82, 2.24) is 4.90 Å². The van der Waals surface area contributed by atoms with Crippen molar-refractivity contribution < 1.29 is 14.7 Å². The number of fused-ring (bicyclic) bond motifs is 3. The molecule has 204 valence electrons. The summed E-state index contributed by atoms with van der Waals surface area (Å²) in [6.07, 6.45) is 5.11. The number of imide groups is 1. The maximum Gasteiger partial charge on any atom is 0.261 e. The molecule has 5 aromatic rings. The van der Waals surface area contributed by atoms with E-state index in [4.69, 9.17) is 4.99 Å². The lowest BCUT2D eigenvalue weighted by Crippen LogP contribution is -2.52. The van der Waals surface area contributed by atoms with Crippen LogP contribution in [0.25, 0.3) is 32.3 Å². The highest BCUT2D eigenvalue weighted by atomic mass is 16.3. The molecule has 0 unspecified atom stereocenters. The lowest BCUT2D eigenvalue weighted by molar-refractivity contribution is 0.0481. The minimum atomic E-state index is -0.356. The van der Waals surface area contributed by atoms with Crippen molar-refractivity contribution in [3.8, 4) is 5.75 Å². The first-order valence-corrected chi connectivity index (χ1v) is 14.2. The Balaban J connectivity index is 1.30. The van der Waals surface area contributed by atoms with E-state index in [0.29, 0.717) is 23.1 Å². The molecule has 6 heteroatoms. The summed E-state index contributed by atoms with van der Waals surface area (Å²) >= 11 is 0. The molecule has 0 radical (unpaired) electrons. The molecular formula is C35H31N3O3. The number of aliphatic imine (C=N–C) groups is 1. The fourth-order valence-electron chi connectivity index (χ4n) is 6.81. The van der Waals surface area contributed by atoms with Gasteiger partial charge in [-0.25, -0.2) is 0 Å². The van der Waals surface area contributed by atoms with E-state index < -0.39 is 0 Å². The van der Waals surface area contributed by atoms with Crippen LogP contribution in [0.15, 0.2) is 83.9 Å². The summed E-state index contributed by atoms with van der Waals surface area (Å²) in [6.45, 7) is 0. The van der Waals surface area contributed by atoms with Gasteiger partial charge in [-0.2, -0.15) is 0 Å². The van der Waals surface area contributed by atoms with Gasteiger partial charge in [-0.05, 0) is 47.2 Å². The number of carbonyl (C=O) groups is 2. The van der Waals surface area contributed by atoms with Crippen molar-refractivity contribution in [3.63, 3.8) is 0 Å². The summed E-state index contributed by atoms with van der Waals surface area (Å²) < 4.78 is 0. The highest BCUT2D eigenvalue weighted by molar-refractivity contribution is 6.27. The van der Waals surface area contributed by atoms with E-state index >= 15 is 0 Å². The SMILES string of the molecule is CN(C)c1ccc2c3c(cccc13)C(=O)N([C@@H]1CCCC[C@H]1N=Cc1c(O)c3ccccc3c3ccccc13)C2=O. The van der Waals surface area contributed by atoms with Gasteiger partial charge in [-0.1, -0.05) is 73.5 Å². The van der Waals surface area contributed by atoms with E-state index in [9.17, 15) is 14.7 Å². The summed E-state index contributed by atoms with van der Waals surface area (Å²) in [7, 11) is 3.92. The molecule has 2 aliphatic rings. The molecule has 1 N–H and O–H groups in total. The normalized spacial score (nSPS) is 19.1. The lowest BCUT2D eigenvalue weighted by Gasteiger charge is -2.39. The molecule has 41 heavy (non-hydrogen) atoms. The summed E-state index contributed by atoms with van der Waals surface area (Å²) in [5, 5.41) is 16.7. The molecule has 1 fully saturated rings. The number of rotatable bonds is 4. The Hall–Kier alpha value is -4.71. The molecule has 0 aromatic heterocycles. The monoisotopic (exact) mass is 541 g/mol. The standard InChI is InChI=1S/C35H31N3O3/c1-37(2)30-19-18-27-32-25(30)14-9-15-26(32)34(40)38(35(27)41)31-17-8-7-16-29(31)36-20-28-23-12-4-3-10-21(23)22-11-5-6-13-24(22)33(28)39/h3-6,9-15,18-20,29,31,39H,7-8,16-17H2,1-2H3/t29-,31-/m1/s1. The van der Waals surface area contributed by atoms with Crippen molar-refractivity contribution in [3.05, 3.63) is 95.6 Å². The number of aromatic hydroxyl groups is 1. The van der Waals surface area contributed by atoms with E-state index in [0.717, 1.165) is 57.3 Å². The van der Waals surface area contributed by atoms with Crippen LogP contribution in [0, 0.1) is 0 Å². The maximum absolute atomic E-state index is 14.0. The Bertz CT molecular complexity index is 1890. The average Bonchev–Trinajstić information content (AvgIpc) is 3.00. The third-order valence-electron chi connectivity index (χ3n) is 8.76. The molecule has 2 amide bonds. The third kappa shape index (κ3) is 3.89. The van der Waals surface area contributed by atoms with Crippen molar-refractivity contribution >= 4 is 56.0 Å². The lowest BCUT2D eigenvalue weighted by atomic mass is 9.86. The second-order valence-electron chi connectivity index (χ2n) is 11.3. The number of anilines is 1. The largest absolute Gasteiger partial charge is 0.507 e. The van der Waals surface area contributed by atoms with Gasteiger partial charge in [0, 0.05) is 58.8 Å². The van der Waals surface area contributed by atoms with Crippen LogP contribution in [0.4, 0.5) is 5.69 Å². The van der Waals surface area contributed by atoms with Crippen LogP contribution in [0.3, 0.4) is 0 Å². The van der Waals surface area contributed by atoms with Crippen molar-refractivity contribution in [2.24, 2.45) is 4.99 Å². The van der Waals surface area contributed by atoms with E-state index in [1.54, 1.807) is 6.21 Å². The molecule has 0 spiro atoms. The molecule has 2 atom stereocenters. The summed E-state index contributed by atoms with van der Waals surface area (Å²) in [4.78, 5) is 36.4. The predicted molar refractivity (Wildman–Crippen MR) is 166 cm³/mol. The molecular weight excluding hydrogens is 510 g/mol. The highest BCUT2D eigenvalue weighted by Gasteiger charge is 2.41. The number of phenolic OH excluding ortho intramolecular Hbond substituents is 1. The van der Waals surface area contributed by atoms with Crippen LogP contribution in [0.5, 0.6) is 5.75 Å². The molecule has 1 aliphatic heterocycles.